The Kier molecular flexibility index (Phi) is 4.70. The van der Waals surface area contributed by atoms with Crippen molar-refractivity contribution < 1.29 is 14.7 Å². The van der Waals surface area contributed by atoms with Crippen LogP contribution in [0, 0.1) is 18.3 Å². The summed E-state index contributed by atoms with van der Waals surface area (Å²) in [6.45, 7) is 7.14. The number of aryl methyl sites for hydroxylation is 1. The number of carboxylic acids is 1. The zero-order valence-corrected chi connectivity index (χ0v) is 11.9. The summed E-state index contributed by atoms with van der Waals surface area (Å²) < 4.78 is 0. The Morgan fingerprint density at radius 2 is 1.89 bits per heavy atom. The molecular weight excluding hydrogens is 242 g/mol. The van der Waals surface area contributed by atoms with E-state index in [0.29, 0.717) is 0 Å². The molecule has 0 aliphatic carbocycles. The number of hydrogen-bond donors (Lipinski definition) is 2. The molecule has 0 fully saturated rings. The fourth-order valence-corrected chi connectivity index (χ4v) is 1.77. The van der Waals surface area contributed by atoms with E-state index in [1.165, 1.54) is 0 Å². The zero-order chi connectivity index (χ0) is 14.6. The second-order valence-electron chi connectivity index (χ2n) is 5.42. The van der Waals surface area contributed by atoms with Crippen molar-refractivity contribution in [3.05, 3.63) is 29.8 Å². The Hall–Kier alpha value is -1.84. The molecule has 1 aromatic rings. The fraction of sp³-hybridized carbons (Fsp3) is 0.467. The van der Waals surface area contributed by atoms with E-state index in [1.54, 1.807) is 13.0 Å². The van der Waals surface area contributed by atoms with Gasteiger partial charge in [0, 0.05) is 12.1 Å². The van der Waals surface area contributed by atoms with E-state index in [4.69, 9.17) is 0 Å². The molecule has 0 saturated heterocycles. The average Bonchev–Trinajstić information content (AvgIpc) is 2.31. The van der Waals surface area contributed by atoms with Crippen LogP contribution >= 0.6 is 0 Å². The van der Waals surface area contributed by atoms with Crippen LogP contribution in [0.25, 0.3) is 0 Å². The fourth-order valence-electron chi connectivity index (χ4n) is 1.77. The lowest BCUT2D eigenvalue weighted by Crippen LogP contribution is -2.37. The van der Waals surface area contributed by atoms with E-state index in [0.717, 1.165) is 11.3 Å². The predicted octanol–water partition coefficient (Wildman–Crippen LogP) is 3.07. The number of carboxylic acid groups (broad SMARTS) is 1. The van der Waals surface area contributed by atoms with Gasteiger partial charge in [-0.3, -0.25) is 9.59 Å². The third-order valence-electron chi connectivity index (χ3n) is 3.71. The van der Waals surface area contributed by atoms with Crippen molar-refractivity contribution >= 4 is 17.6 Å². The van der Waals surface area contributed by atoms with Crippen LogP contribution < -0.4 is 5.32 Å². The van der Waals surface area contributed by atoms with Crippen molar-refractivity contribution in [1.82, 2.24) is 0 Å². The second-order valence-corrected chi connectivity index (χ2v) is 5.42. The highest BCUT2D eigenvalue weighted by Crippen LogP contribution is 2.31. The van der Waals surface area contributed by atoms with Gasteiger partial charge in [0.25, 0.3) is 0 Å². The van der Waals surface area contributed by atoms with E-state index in [9.17, 15) is 14.7 Å². The molecule has 0 spiro atoms. The quantitative estimate of drug-likeness (QED) is 0.858. The van der Waals surface area contributed by atoms with Crippen molar-refractivity contribution in [2.75, 3.05) is 5.32 Å². The molecule has 1 amide bonds. The first kappa shape index (κ1) is 15.2. The Balaban J connectivity index is 2.80. The first-order valence-corrected chi connectivity index (χ1v) is 6.36. The lowest BCUT2D eigenvalue weighted by molar-refractivity contribution is -0.153. The second kappa shape index (κ2) is 5.87. The number of aliphatic carboxylic acids is 1. The third-order valence-corrected chi connectivity index (χ3v) is 3.71. The number of benzene rings is 1. The van der Waals surface area contributed by atoms with E-state index >= 15 is 0 Å². The van der Waals surface area contributed by atoms with Gasteiger partial charge < -0.3 is 10.4 Å². The molecule has 2 N–H and O–H groups in total. The zero-order valence-electron chi connectivity index (χ0n) is 11.9. The Bertz CT molecular complexity index is 482. The molecule has 0 saturated carbocycles. The summed E-state index contributed by atoms with van der Waals surface area (Å²) >= 11 is 0. The van der Waals surface area contributed by atoms with Gasteiger partial charge in [-0.15, -0.1) is 0 Å². The maximum atomic E-state index is 12.0. The standard InChI is InChI=1S/C15H21NO3/c1-10(2)15(4,14(18)19)9-13(17)16-12-8-6-5-7-11(12)3/h5-8,10H,9H2,1-4H3,(H,16,17)(H,18,19). The van der Waals surface area contributed by atoms with E-state index in [2.05, 4.69) is 5.32 Å². The summed E-state index contributed by atoms with van der Waals surface area (Å²) in [6.07, 6.45) is -0.0334. The number of anilines is 1. The first-order chi connectivity index (χ1) is 8.77. The highest BCUT2D eigenvalue weighted by molar-refractivity contribution is 5.94. The van der Waals surface area contributed by atoms with Crippen LogP contribution in [0.2, 0.25) is 0 Å². The molecule has 0 heterocycles. The molecule has 1 aromatic carbocycles. The monoisotopic (exact) mass is 263 g/mol. The number of hydrogen-bond acceptors (Lipinski definition) is 2. The normalized spacial score (nSPS) is 13.9. The number of amides is 1. The summed E-state index contributed by atoms with van der Waals surface area (Å²) in [7, 11) is 0. The van der Waals surface area contributed by atoms with Crippen molar-refractivity contribution in [2.24, 2.45) is 11.3 Å². The van der Waals surface area contributed by atoms with Crippen molar-refractivity contribution in [1.29, 1.82) is 0 Å². The van der Waals surface area contributed by atoms with Crippen molar-refractivity contribution in [3.63, 3.8) is 0 Å². The minimum Gasteiger partial charge on any atom is -0.481 e. The molecule has 1 atom stereocenters. The lowest BCUT2D eigenvalue weighted by Gasteiger charge is -2.28. The number of carbonyl (C=O) groups is 2. The summed E-state index contributed by atoms with van der Waals surface area (Å²) in [5.74, 6) is -1.33. The van der Waals surface area contributed by atoms with Crippen LogP contribution in [-0.4, -0.2) is 17.0 Å². The molecule has 1 rings (SSSR count). The molecule has 4 heteroatoms. The molecule has 4 nitrogen and oxygen atoms in total. The van der Waals surface area contributed by atoms with Gasteiger partial charge in [-0.25, -0.2) is 0 Å². The number of nitrogens with one attached hydrogen (secondary N) is 1. The number of carbonyl (C=O) groups excluding carboxylic acids is 1. The maximum absolute atomic E-state index is 12.0. The van der Waals surface area contributed by atoms with Crippen LogP contribution in [0.15, 0.2) is 24.3 Å². The molecule has 104 valence electrons. The van der Waals surface area contributed by atoms with Gasteiger partial charge in [0.1, 0.15) is 0 Å². The average molecular weight is 263 g/mol. The van der Waals surface area contributed by atoms with Crippen LogP contribution in [0.3, 0.4) is 0 Å². The molecule has 0 radical (unpaired) electrons. The third kappa shape index (κ3) is 3.56. The van der Waals surface area contributed by atoms with Gasteiger partial charge in [-0.05, 0) is 31.4 Å². The minimum atomic E-state index is -1.05. The topological polar surface area (TPSA) is 66.4 Å². The van der Waals surface area contributed by atoms with Gasteiger partial charge in [-0.1, -0.05) is 32.0 Å². The molecule has 0 aliphatic heterocycles. The van der Waals surface area contributed by atoms with Crippen LogP contribution in [0.4, 0.5) is 5.69 Å². The van der Waals surface area contributed by atoms with Crippen molar-refractivity contribution in [3.8, 4) is 0 Å². The van der Waals surface area contributed by atoms with Gasteiger partial charge in [-0.2, -0.15) is 0 Å². The minimum absolute atomic E-state index is 0.0334. The number of para-hydroxylation sites is 1. The summed E-state index contributed by atoms with van der Waals surface area (Å²) in [5.41, 5.74) is 0.633. The summed E-state index contributed by atoms with van der Waals surface area (Å²) in [4.78, 5) is 23.4. The molecule has 1 unspecified atom stereocenters. The van der Waals surface area contributed by atoms with Crippen LogP contribution in [0.5, 0.6) is 0 Å². The lowest BCUT2D eigenvalue weighted by atomic mass is 9.76. The largest absolute Gasteiger partial charge is 0.481 e. The van der Waals surface area contributed by atoms with E-state index in [1.807, 2.05) is 39.0 Å². The predicted molar refractivity (Wildman–Crippen MR) is 75.0 cm³/mol. The van der Waals surface area contributed by atoms with Gasteiger partial charge in [0.05, 0.1) is 5.41 Å². The highest BCUT2D eigenvalue weighted by atomic mass is 16.4. The molecule has 19 heavy (non-hydrogen) atoms. The Morgan fingerprint density at radius 1 is 1.32 bits per heavy atom. The van der Waals surface area contributed by atoms with Gasteiger partial charge >= 0.3 is 5.97 Å². The Labute approximate surface area is 113 Å². The summed E-state index contributed by atoms with van der Waals surface area (Å²) in [6, 6.07) is 7.43. The highest BCUT2D eigenvalue weighted by Gasteiger charge is 2.38. The van der Waals surface area contributed by atoms with Crippen LogP contribution in [0.1, 0.15) is 32.8 Å². The molecule has 0 aliphatic rings. The molecule has 0 aromatic heterocycles. The van der Waals surface area contributed by atoms with Gasteiger partial charge in [0.2, 0.25) is 5.91 Å². The van der Waals surface area contributed by atoms with Crippen molar-refractivity contribution in [2.45, 2.75) is 34.1 Å². The SMILES string of the molecule is Cc1ccccc1NC(=O)CC(C)(C(=O)O)C(C)C. The van der Waals surface area contributed by atoms with Crippen LogP contribution in [-0.2, 0) is 9.59 Å². The molecule has 0 bridgehead atoms. The first-order valence-electron chi connectivity index (χ1n) is 6.36. The number of rotatable bonds is 5. The van der Waals surface area contributed by atoms with Gasteiger partial charge in [0.15, 0.2) is 0 Å². The van der Waals surface area contributed by atoms with E-state index < -0.39 is 11.4 Å². The maximum Gasteiger partial charge on any atom is 0.310 e. The summed E-state index contributed by atoms with van der Waals surface area (Å²) in [5, 5.41) is 12.1. The molecular formula is C15H21NO3. The smallest absolute Gasteiger partial charge is 0.310 e. The van der Waals surface area contributed by atoms with E-state index in [-0.39, 0.29) is 18.2 Å². The Morgan fingerprint density at radius 3 is 2.37 bits per heavy atom.